The van der Waals surface area contributed by atoms with Crippen molar-refractivity contribution in [3.63, 3.8) is 0 Å². The first-order valence-electron chi connectivity index (χ1n) is 6.39. The van der Waals surface area contributed by atoms with Gasteiger partial charge in [-0.2, -0.15) is 5.10 Å². The van der Waals surface area contributed by atoms with Gasteiger partial charge in [0, 0.05) is 5.56 Å². The Bertz CT molecular complexity index is 861. The lowest BCUT2D eigenvalue weighted by molar-refractivity contribution is -0.255. The van der Waals surface area contributed by atoms with Gasteiger partial charge < -0.3 is 9.90 Å². The number of nitrogens with zero attached hydrogens (tertiary/aromatic N) is 2. The van der Waals surface area contributed by atoms with Crippen LogP contribution in [0.3, 0.4) is 0 Å². The van der Waals surface area contributed by atoms with Crippen molar-refractivity contribution in [1.29, 1.82) is 0 Å². The molecule has 2 aromatic carbocycles. The van der Waals surface area contributed by atoms with Gasteiger partial charge in [-0.3, -0.25) is 0 Å². The number of halogens is 2. The average Bonchev–Trinajstić information content (AvgIpc) is 2.93. The molecule has 6 heteroatoms. The van der Waals surface area contributed by atoms with Crippen molar-refractivity contribution in [3.8, 4) is 16.9 Å². The zero-order chi connectivity index (χ0) is 15.7. The van der Waals surface area contributed by atoms with E-state index in [0.717, 1.165) is 4.68 Å². The molecule has 4 nitrogen and oxygen atoms in total. The molecule has 0 aliphatic carbocycles. The smallest absolute Gasteiger partial charge is 0.132 e. The van der Waals surface area contributed by atoms with Crippen LogP contribution < -0.4 is 5.11 Å². The van der Waals surface area contributed by atoms with Gasteiger partial charge in [-0.25, -0.2) is 9.07 Å². The molecule has 0 radical (unpaired) electrons. The van der Waals surface area contributed by atoms with E-state index in [2.05, 4.69) is 5.10 Å². The Morgan fingerprint density at radius 3 is 2.50 bits per heavy atom. The van der Waals surface area contributed by atoms with Gasteiger partial charge in [0.25, 0.3) is 0 Å². The highest BCUT2D eigenvalue weighted by molar-refractivity contribution is 6.32. The van der Waals surface area contributed by atoms with Crippen LogP contribution in [0.25, 0.3) is 16.9 Å². The van der Waals surface area contributed by atoms with Crippen molar-refractivity contribution in [2.24, 2.45) is 0 Å². The van der Waals surface area contributed by atoms with E-state index in [-0.39, 0.29) is 17.0 Å². The molecule has 0 N–H and O–H groups in total. The fraction of sp³-hybridized carbons (Fsp3) is 0. The lowest BCUT2D eigenvalue weighted by atomic mass is 10.1. The third kappa shape index (κ3) is 2.46. The molecule has 0 fully saturated rings. The fourth-order valence-corrected chi connectivity index (χ4v) is 2.35. The van der Waals surface area contributed by atoms with E-state index in [1.165, 1.54) is 18.2 Å². The summed E-state index contributed by atoms with van der Waals surface area (Å²) in [6, 6.07) is 13.9. The predicted molar refractivity (Wildman–Crippen MR) is 78.3 cm³/mol. The number of benzene rings is 2. The number of carbonyl (C=O) groups excluding carboxylic acids is 1. The van der Waals surface area contributed by atoms with E-state index in [1.807, 2.05) is 0 Å². The summed E-state index contributed by atoms with van der Waals surface area (Å²) < 4.78 is 15.0. The first-order chi connectivity index (χ1) is 10.6. The number of para-hydroxylation sites is 1. The van der Waals surface area contributed by atoms with Crippen molar-refractivity contribution in [2.45, 2.75) is 0 Å². The summed E-state index contributed by atoms with van der Waals surface area (Å²) in [5.41, 5.74) is 0.574. The minimum absolute atomic E-state index is 0.192. The number of carboxylic acids is 1. The quantitative estimate of drug-likeness (QED) is 0.746. The van der Waals surface area contributed by atoms with Gasteiger partial charge in [0.15, 0.2) is 0 Å². The van der Waals surface area contributed by atoms with Crippen LogP contribution in [-0.2, 0) is 0 Å². The molecule has 0 saturated carbocycles. The van der Waals surface area contributed by atoms with Crippen LogP contribution in [0.5, 0.6) is 0 Å². The van der Waals surface area contributed by atoms with Crippen LogP contribution in [0, 0.1) is 5.82 Å². The lowest BCUT2D eigenvalue weighted by Gasteiger charge is -2.09. The molecule has 1 heterocycles. The molecule has 3 aromatic rings. The van der Waals surface area contributed by atoms with Gasteiger partial charge in [-0.1, -0.05) is 35.9 Å². The zero-order valence-electron chi connectivity index (χ0n) is 11.2. The molecule has 22 heavy (non-hydrogen) atoms. The molecule has 0 bridgehead atoms. The van der Waals surface area contributed by atoms with E-state index in [4.69, 9.17) is 11.6 Å². The zero-order valence-corrected chi connectivity index (χ0v) is 11.9. The van der Waals surface area contributed by atoms with Crippen molar-refractivity contribution < 1.29 is 14.3 Å². The highest BCUT2D eigenvalue weighted by atomic mass is 35.5. The van der Waals surface area contributed by atoms with Crippen LogP contribution in [0.1, 0.15) is 10.5 Å². The second kappa shape index (κ2) is 5.61. The van der Waals surface area contributed by atoms with E-state index >= 15 is 0 Å². The largest absolute Gasteiger partial charge is 0.543 e. The fourth-order valence-electron chi connectivity index (χ4n) is 2.13. The number of carboxylic acid groups (broad SMARTS) is 1. The minimum Gasteiger partial charge on any atom is -0.543 e. The molecule has 0 aliphatic heterocycles. The Morgan fingerprint density at radius 2 is 1.82 bits per heavy atom. The molecule has 0 unspecified atom stereocenters. The maximum Gasteiger partial charge on any atom is 0.132 e. The first-order valence-corrected chi connectivity index (χ1v) is 6.77. The normalized spacial score (nSPS) is 10.6. The van der Waals surface area contributed by atoms with Crippen molar-refractivity contribution in [3.05, 3.63) is 71.1 Å². The SMILES string of the molecule is O=C([O-])c1cc(-c2ccccc2F)nn1-c1ccccc1Cl. The molecule has 0 spiro atoms. The number of hydrogen-bond acceptors (Lipinski definition) is 3. The first kappa shape index (κ1) is 14.3. The molecule has 0 saturated heterocycles. The van der Waals surface area contributed by atoms with E-state index in [9.17, 15) is 14.3 Å². The number of aromatic carboxylic acids is 1. The molecule has 0 amide bonds. The van der Waals surface area contributed by atoms with E-state index in [0.29, 0.717) is 10.7 Å². The Labute approximate surface area is 130 Å². The van der Waals surface area contributed by atoms with Crippen LogP contribution in [0.15, 0.2) is 54.6 Å². The third-order valence-electron chi connectivity index (χ3n) is 3.15. The van der Waals surface area contributed by atoms with Crippen molar-refractivity contribution in [2.75, 3.05) is 0 Å². The maximum atomic E-state index is 13.9. The standard InChI is InChI=1S/C16H10ClFN2O2/c17-11-6-2-4-8-14(11)20-15(16(21)22)9-13(19-20)10-5-1-3-7-12(10)18/h1-9H,(H,21,22)/p-1. The highest BCUT2D eigenvalue weighted by Crippen LogP contribution is 2.26. The number of rotatable bonds is 3. The molecule has 110 valence electrons. The van der Waals surface area contributed by atoms with Gasteiger partial charge in [-0.05, 0) is 30.3 Å². The van der Waals surface area contributed by atoms with Crippen LogP contribution >= 0.6 is 11.6 Å². The van der Waals surface area contributed by atoms with Gasteiger partial charge >= 0.3 is 0 Å². The average molecular weight is 316 g/mol. The lowest BCUT2D eigenvalue weighted by Crippen LogP contribution is -2.25. The van der Waals surface area contributed by atoms with Crippen molar-refractivity contribution >= 4 is 17.6 Å². The second-order valence-corrected chi connectivity index (χ2v) is 4.95. The maximum absolute atomic E-state index is 13.9. The molecular weight excluding hydrogens is 307 g/mol. The number of hydrogen-bond donors (Lipinski definition) is 0. The monoisotopic (exact) mass is 315 g/mol. The van der Waals surface area contributed by atoms with Gasteiger partial charge in [-0.15, -0.1) is 0 Å². The van der Waals surface area contributed by atoms with Crippen LogP contribution in [0.4, 0.5) is 4.39 Å². The number of carbonyl (C=O) groups is 1. The van der Waals surface area contributed by atoms with E-state index < -0.39 is 11.8 Å². The molecular formula is C16H9ClFN2O2-. The van der Waals surface area contributed by atoms with Crippen LogP contribution in [-0.4, -0.2) is 15.7 Å². The number of aromatic nitrogens is 2. The summed E-state index contributed by atoms with van der Waals surface area (Å²) in [6.45, 7) is 0. The molecule has 1 aromatic heterocycles. The Morgan fingerprint density at radius 1 is 1.14 bits per heavy atom. The Kier molecular flexibility index (Phi) is 3.65. The van der Waals surface area contributed by atoms with Gasteiger partial charge in [0.05, 0.1) is 28.1 Å². The molecule has 0 aliphatic rings. The van der Waals surface area contributed by atoms with Crippen LogP contribution in [0.2, 0.25) is 5.02 Å². The third-order valence-corrected chi connectivity index (χ3v) is 3.47. The summed E-state index contributed by atoms with van der Waals surface area (Å²) in [5.74, 6) is -1.91. The summed E-state index contributed by atoms with van der Waals surface area (Å²) in [4.78, 5) is 11.3. The Hall–Kier alpha value is -2.66. The summed E-state index contributed by atoms with van der Waals surface area (Å²) in [6.07, 6.45) is 0. The predicted octanol–water partition coefficient (Wildman–Crippen LogP) is 2.70. The second-order valence-electron chi connectivity index (χ2n) is 4.55. The van der Waals surface area contributed by atoms with Gasteiger partial charge in [0.2, 0.25) is 0 Å². The summed E-state index contributed by atoms with van der Waals surface area (Å²) >= 11 is 6.07. The molecule has 3 rings (SSSR count). The topological polar surface area (TPSA) is 57.9 Å². The minimum atomic E-state index is -1.42. The van der Waals surface area contributed by atoms with E-state index in [1.54, 1.807) is 36.4 Å². The molecule has 0 atom stereocenters. The van der Waals surface area contributed by atoms with Crippen molar-refractivity contribution in [1.82, 2.24) is 9.78 Å². The highest BCUT2D eigenvalue weighted by Gasteiger charge is 2.15. The summed E-state index contributed by atoms with van der Waals surface area (Å²) in [5, 5.41) is 15.8. The Balaban J connectivity index is 2.22. The van der Waals surface area contributed by atoms with Gasteiger partial charge in [0.1, 0.15) is 5.82 Å². The summed E-state index contributed by atoms with van der Waals surface area (Å²) in [7, 11) is 0.